The van der Waals surface area contributed by atoms with Crippen molar-refractivity contribution in [1.82, 2.24) is 10.3 Å². The first-order chi connectivity index (χ1) is 12.6. The van der Waals surface area contributed by atoms with E-state index in [0.717, 1.165) is 35.4 Å². The predicted octanol–water partition coefficient (Wildman–Crippen LogP) is 3.38. The van der Waals surface area contributed by atoms with Crippen LogP contribution in [0.5, 0.6) is 0 Å². The zero-order valence-electron chi connectivity index (χ0n) is 14.4. The SMILES string of the molecule is Cc1cccc(C(=O)NCC(=O)Nc2ccc3oc(C4CC4)nc3c2)c1. The Bertz CT molecular complexity index is 989. The molecular weight excluding hydrogens is 330 g/mol. The molecule has 0 bridgehead atoms. The molecule has 26 heavy (non-hydrogen) atoms. The smallest absolute Gasteiger partial charge is 0.251 e. The normalized spacial score (nSPS) is 13.6. The van der Waals surface area contributed by atoms with E-state index in [0.29, 0.717) is 17.2 Å². The lowest BCUT2D eigenvalue weighted by Crippen LogP contribution is -2.32. The van der Waals surface area contributed by atoms with Crippen LogP contribution >= 0.6 is 0 Å². The van der Waals surface area contributed by atoms with Crippen molar-refractivity contribution in [2.24, 2.45) is 0 Å². The van der Waals surface area contributed by atoms with E-state index in [1.165, 1.54) is 0 Å². The maximum atomic E-state index is 12.1. The standard InChI is InChI=1S/C20H19N3O3/c1-12-3-2-4-14(9-12)19(25)21-11-18(24)22-15-7-8-17-16(10-15)23-20(26-17)13-5-6-13/h2-4,7-10,13H,5-6,11H2,1H3,(H,21,25)(H,22,24). The minimum Gasteiger partial charge on any atom is -0.440 e. The molecule has 2 amide bonds. The fraction of sp³-hybridized carbons (Fsp3) is 0.250. The molecular formula is C20H19N3O3. The van der Waals surface area contributed by atoms with Crippen molar-refractivity contribution in [1.29, 1.82) is 0 Å². The number of carbonyl (C=O) groups excluding carboxylic acids is 2. The number of amides is 2. The van der Waals surface area contributed by atoms with Gasteiger partial charge in [0.05, 0.1) is 6.54 Å². The highest BCUT2D eigenvalue weighted by Gasteiger charge is 2.28. The molecule has 0 unspecified atom stereocenters. The van der Waals surface area contributed by atoms with E-state index in [9.17, 15) is 9.59 Å². The highest BCUT2D eigenvalue weighted by Crippen LogP contribution is 2.40. The van der Waals surface area contributed by atoms with Crippen LogP contribution in [0.2, 0.25) is 0 Å². The first-order valence-corrected chi connectivity index (χ1v) is 8.64. The van der Waals surface area contributed by atoms with Gasteiger partial charge in [-0.1, -0.05) is 17.7 Å². The summed E-state index contributed by atoms with van der Waals surface area (Å²) in [5, 5.41) is 5.40. The maximum absolute atomic E-state index is 12.1. The van der Waals surface area contributed by atoms with Gasteiger partial charge in [0.25, 0.3) is 5.91 Å². The fourth-order valence-electron chi connectivity index (χ4n) is 2.78. The van der Waals surface area contributed by atoms with Gasteiger partial charge in [-0.15, -0.1) is 0 Å². The largest absolute Gasteiger partial charge is 0.440 e. The van der Waals surface area contributed by atoms with Crippen molar-refractivity contribution >= 4 is 28.6 Å². The van der Waals surface area contributed by atoms with Gasteiger partial charge in [0.1, 0.15) is 5.52 Å². The lowest BCUT2D eigenvalue weighted by atomic mass is 10.1. The first kappa shape index (κ1) is 16.3. The van der Waals surface area contributed by atoms with E-state index in [-0.39, 0.29) is 18.4 Å². The van der Waals surface area contributed by atoms with Crippen LogP contribution in [0.4, 0.5) is 5.69 Å². The van der Waals surface area contributed by atoms with Crippen LogP contribution in [0.1, 0.15) is 40.6 Å². The average Bonchev–Trinajstić information content (AvgIpc) is 3.39. The molecule has 6 heteroatoms. The van der Waals surface area contributed by atoms with Gasteiger partial charge in [-0.25, -0.2) is 4.98 Å². The van der Waals surface area contributed by atoms with Crippen molar-refractivity contribution in [3.8, 4) is 0 Å². The summed E-state index contributed by atoms with van der Waals surface area (Å²) in [6.45, 7) is 1.81. The van der Waals surface area contributed by atoms with Crippen LogP contribution in [0.25, 0.3) is 11.1 Å². The summed E-state index contributed by atoms with van der Waals surface area (Å²) in [6.07, 6.45) is 2.24. The van der Waals surface area contributed by atoms with Crippen molar-refractivity contribution in [2.75, 3.05) is 11.9 Å². The molecule has 2 N–H and O–H groups in total. The van der Waals surface area contributed by atoms with Gasteiger partial charge >= 0.3 is 0 Å². The van der Waals surface area contributed by atoms with E-state index in [2.05, 4.69) is 15.6 Å². The Hall–Kier alpha value is -3.15. The molecule has 2 aromatic carbocycles. The highest BCUT2D eigenvalue weighted by molar-refractivity contribution is 5.99. The van der Waals surface area contributed by atoms with E-state index in [4.69, 9.17) is 4.42 Å². The van der Waals surface area contributed by atoms with Gasteiger partial charge in [-0.3, -0.25) is 9.59 Å². The number of oxazole rings is 1. The van der Waals surface area contributed by atoms with E-state index in [1.54, 1.807) is 30.3 Å². The predicted molar refractivity (Wildman–Crippen MR) is 98.1 cm³/mol. The number of hydrogen-bond donors (Lipinski definition) is 2. The number of hydrogen-bond acceptors (Lipinski definition) is 4. The Labute approximate surface area is 150 Å². The highest BCUT2D eigenvalue weighted by atomic mass is 16.3. The lowest BCUT2D eigenvalue weighted by Gasteiger charge is -2.07. The topological polar surface area (TPSA) is 84.2 Å². The molecule has 1 heterocycles. The molecule has 0 saturated heterocycles. The molecule has 4 rings (SSSR count). The summed E-state index contributed by atoms with van der Waals surface area (Å²) in [6, 6.07) is 12.6. The number of nitrogens with one attached hydrogen (secondary N) is 2. The van der Waals surface area contributed by atoms with Crippen LogP contribution in [0, 0.1) is 6.92 Å². The van der Waals surface area contributed by atoms with Crippen molar-refractivity contribution < 1.29 is 14.0 Å². The zero-order valence-corrected chi connectivity index (χ0v) is 14.4. The Kier molecular flexibility index (Phi) is 4.16. The Morgan fingerprint density at radius 2 is 2.04 bits per heavy atom. The summed E-state index contributed by atoms with van der Waals surface area (Å²) in [5.74, 6) is 0.646. The van der Waals surface area contributed by atoms with Gasteiger partial charge in [-0.05, 0) is 50.1 Å². The lowest BCUT2D eigenvalue weighted by molar-refractivity contribution is -0.115. The Balaban J connectivity index is 1.36. The second-order valence-corrected chi connectivity index (χ2v) is 6.61. The summed E-state index contributed by atoms with van der Waals surface area (Å²) in [4.78, 5) is 28.7. The van der Waals surface area contributed by atoms with Crippen LogP contribution < -0.4 is 10.6 Å². The number of rotatable bonds is 5. The second kappa shape index (κ2) is 6.63. The number of benzene rings is 2. The number of fused-ring (bicyclic) bond motifs is 1. The number of anilines is 1. The van der Waals surface area contributed by atoms with Gasteiger partial charge in [0, 0.05) is 17.2 Å². The average molecular weight is 349 g/mol. The van der Waals surface area contributed by atoms with E-state index in [1.807, 2.05) is 19.1 Å². The van der Waals surface area contributed by atoms with E-state index >= 15 is 0 Å². The molecule has 6 nitrogen and oxygen atoms in total. The number of aryl methyl sites for hydroxylation is 1. The maximum Gasteiger partial charge on any atom is 0.251 e. The molecule has 1 fully saturated rings. The van der Waals surface area contributed by atoms with E-state index < -0.39 is 0 Å². The number of carbonyl (C=O) groups is 2. The second-order valence-electron chi connectivity index (χ2n) is 6.61. The number of nitrogens with zero attached hydrogens (tertiary/aromatic N) is 1. The molecule has 0 aliphatic heterocycles. The Morgan fingerprint density at radius 1 is 1.19 bits per heavy atom. The van der Waals surface area contributed by atoms with Gasteiger partial charge < -0.3 is 15.1 Å². The summed E-state index contributed by atoms with van der Waals surface area (Å²) in [7, 11) is 0. The first-order valence-electron chi connectivity index (χ1n) is 8.64. The monoisotopic (exact) mass is 349 g/mol. The summed E-state index contributed by atoms with van der Waals surface area (Å²) < 4.78 is 5.71. The third-order valence-corrected chi connectivity index (χ3v) is 4.30. The number of aromatic nitrogens is 1. The minimum atomic E-state index is -0.295. The molecule has 0 radical (unpaired) electrons. The third kappa shape index (κ3) is 3.59. The quantitative estimate of drug-likeness (QED) is 0.739. The Morgan fingerprint density at radius 3 is 2.81 bits per heavy atom. The molecule has 1 aliphatic carbocycles. The van der Waals surface area contributed by atoms with Gasteiger partial charge in [-0.2, -0.15) is 0 Å². The molecule has 1 aromatic heterocycles. The van der Waals surface area contributed by atoms with Gasteiger partial charge in [0.2, 0.25) is 5.91 Å². The molecule has 0 spiro atoms. The molecule has 132 valence electrons. The summed E-state index contributed by atoms with van der Waals surface area (Å²) in [5.41, 5.74) is 3.61. The van der Waals surface area contributed by atoms with Crippen LogP contribution in [-0.2, 0) is 4.79 Å². The fourth-order valence-corrected chi connectivity index (χ4v) is 2.78. The zero-order chi connectivity index (χ0) is 18.1. The van der Waals surface area contributed by atoms with Crippen LogP contribution in [-0.4, -0.2) is 23.3 Å². The molecule has 1 aliphatic rings. The van der Waals surface area contributed by atoms with Crippen molar-refractivity contribution in [3.63, 3.8) is 0 Å². The van der Waals surface area contributed by atoms with Crippen LogP contribution in [0.3, 0.4) is 0 Å². The minimum absolute atomic E-state index is 0.100. The molecule has 1 saturated carbocycles. The van der Waals surface area contributed by atoms with Crippen LogP contribution in [0.15, 0.2) is 46.9 Å². The van der Waals surface area contributed by atoms with Crippen molar-refractivity contribution in [3.05, 3.63) is 59.5 Å². The summed E-state index contributed by atoms with van der Waals surface area (Å²) >= 11 is 0. The third-order valence-electron chi connectivity index (χ3n) is 4.30. The van der Waals surface area contributed by atoms with Gasteiger partial charge in [0.15, 0.2) is 11.5 Å². The van der Waals surface area contributed by atoms with Crippen molar-refractivity contribution in [2.45, 2.75) is 25.7 Å². The molecule has 0 atom stereocenters. The molecule has 3 aromatic rings.